The Morgan fingerprint density at radius 3 is 2.66 bits per heavy atom. The van der Waals surface area contributed by atoms with E-state index in [9.17, 15) is 14.4 Å². The zero-order chi connectivity index (χ0) is 22.4. The maximum Gasteiger partial charge on any atom is 0.255 e. The number of rotatable bonds is 3. The van der Waals surface area contributed by atoms with Gasteiger partial charge in [0, 0.05) is 55.7 Å². The van der Waals surface area contributed by atoms with Crippen LogP contribution in [0.25, 0.3) is 0 Å². The van der Waals surface area contributed by atoms with Crippen molar-refractivity contribution in [3.8, 4) is 6.07 Å². The van der Waals surface area contributed by atoms with Gasteiger partial charge < -0.3 is 4.90 Å². The summed E-state index contributed by atoms with van der Waals surface area (Å²) < 4.78 is 0. The summed E-state index contributed by atoms with van der Waals surface area (Å²) in [4.78, 5) is 46.4. The molecule has 0 bridgehead atoms. The topological polar surface area (TPSA) is 132 Å². The third-order valence-corrected chi connectivity index (χ3v) is 6.20. The Hall–Kier alpha value is -4.13. The number of imide groups is 1. The molecule has 1 N–H and O–H groups in total. The summed E-state index contributed by atoms with van der Waals surface area (Å²) in [5.41, 5.74) is 3.22. The molecule has 2 aromatic rings. The van der Waals surface area contributed by atoms with Gasteiger partial charge in [0.2, 0.25) is 17.6 Å². The Balaban J connectivity index is 1.42. The van der Waals surface area contributed by atoms with Crippen LogP contribution in [0.1, 0.15) is 57.7 Å². The summed E-state index contributed by atoms with van der Waals surface area (Å²) in [6.07, 6.45) is 5.67. The highest BCUT2D eigenvalue weighted by Crippen LogP contribution is 2.39. The van der Waals surface area contributed by atoms with Gasteiger partial charge in [-0.25, -0.2) is 9.97 Å². The van der Waals surface area contributed by atoms with Gasteiger partial charge in [-0.1, -0.05) is 12.1 Å². The molecule has 32 heavy (non-hydrogen) atoms. The number of amides is 3. The number of hydrogen-bond acceptors (Lipinski definition) is 8. The number of carbonyl (C=O) groups is 3. The first-order valence-corrected chi connectivity index (χ1v) is 10.2. The van der Waals surface area contributed by atoms with E-state index in [0.717, 1.165) is 16.7 Å². The Bertz CT molecular complexity index is 1200. The molecule has 3 unspecified atom stereocenters. The van der Waals surface area contributed by atoms with Gasteiger partial charge in [-0.05, 0) is 23.6 Å². The van der Waals surface area contributed by atoms with Gasteiger partial charge in [0.25, 0.3) is 5.91 Å². The van der Waals surface area contributed by atoms with Crippen molar-refractivity contribution in [1.29, 1.82) is 5.26 Å². The third kappa shape index (κ3) is 3.19. The third-order valence-electron chi connectivity index (χ3n) is 6.20. The molecule has 1 aromatic heterocycles. The van der Waals surface area contributed by atoms with Gasteiger partial charge in [-0.15, -0.1) is 0 Å². The molecule has 5 rings (SSSR count). The van der Waals surface area contributed by atoms with Crippen LogP contribution in [-0.4, -0.2) is 56.9 Å². The Labute approximate surface area is 183 Å². The first kappa shape index (κ1) is 19.8. The Kier molecular flexibility index (Phi) is 4.66. The van der Waals surface area contributed by atoms with E-state index in [0.29, 0.717) is 18.5 Å². The SMILES string of the molecule is CN1N=CC(c2ccc3c(c2)CN(C2CCC(=O)NC2=O)C3=O)C1c1cnc(C#N)nc1. The van der Waals surface area contributed by atoms with Crippen molar-refractivity contribution in [2.75, 3.05) is 7.05 Å². The van der Waals surface area contributed by atoms with Gasteiger partial charge in [-0.3, -0.25) is 24.7 Å². The smallest absolute Gasteiger partial charge is 0.255 e. The zero-order valence-corrected chi connectivity index (χ0v) is 17.2. The molecule has 0 aliphatic carbocycles. The number of nitrogens with zero attached hydrogens (tertiary/aromatic N) is 6. The number of piperidine rings is 1. The molecule has 3 aliphatic heterocycles. The zero-order valence-electron chi connectivity index (χ0n) is 17.2. The van der Waals surface area contributed by atoms with Crippen molar-refractivity contribution in [3.63, 3.8) is 0 Å². The fourth-order valence-electron chi connectivity index (χ4n) is 4.60. The minimum Gasteiger partial charge on any atom is -0.322 e. The molecule has 3 atom stereocenters. The van der Waals surface area contributed by atoms with E-state index in [1.807, 2.05) is 36.5 Å². The van der Waals surface area contributed by atoms with E-state index in [2.05, 4.69) is 20.4 Å². The molecule has 1 fully saturated rings. The maximum absolute atomic E-state index is 12.9. The number of hydrazone groups is 1. The largest absolute Gasteiger partial charge is 0.322 e. The van der Waals surface area contributed by atoms with Gasteiger partial charge in [0.1, 0.15) is 12.1 Å². The van der Waals surface area contributed by atoms with Crippen LogP contribution in [0, 0.1) is 11.3 Å². The fraction of sp³-hybridized carbons (Fsp3) is 0.318. The van der Waals surface area contributed by atoms with Crippen LogP contribution in [0.5, 0.6) is 0 Å². The minimum atomic E-state index is -0.640. The second-order valence-electron chi connectivity index (χ2n) is 8.08. The molecule has 10 heteroatoms. The molecule has 0 radical (unpaired) electrons. The van der Waals surface area contributed by atoms with Crippen molar-refractivity contribution < 1.29 is 14.4 Å². The molecular weight excluding hydrogens is 410 g/mol. The van der Waals surface area contributed by atoms with Crippen LogP contribution in [0.2, 0.25) is 0 Å². The van der Waals surface area contributed by atoms with Gasteiger partial charge in [0.15, 0.2) is 0 Å². The van der Waals surface area contributed by atoms with Crippen molar-refractivity contribution in [2.45, 2.75) is 37.4 Å². The lowest BCUT2D eigenvalue weighted by Gasteiger charge is -2.29. The lowest BCUT2D eigenvalue weighted by molar-refractivity contribution is -0.136. The van der Waals surface area contributed by atoms with Crippen LogP contribution in [0.3, 0.4) is 0 Å². The monoisotopic (exact) mass is 429 g/mol. The summed E-state index contributed by atoms with van der Waals surface area (Å²) in [5.74, 6) is -0.915. The first-order chi connectivity index (χ1) is 15.5. The summed E-state index contributed by atoms with van der Waals surface area (Å²) in [5, 5.41) is 17.5. The summed E-state index contributed by atoms with van der Waals surface area (Å²) in [7, 11) is 1.86. The molecule has 1 aromatic carbocycles. The standard InChI is InChI=1S/C22H19N7O3/c1-28-20(14-8-24-18(7-23)25-9-14)16(10-26-28)12-2-3-15-13(6-12)11-29(22(15)32)17-4-5-19(30)27-21(17)31/h2-3,6,8-10,16-17,20H,4-5,11H2,1H3,(H,27,30,31). The number of hydrogen-bond donors (Lipinski definition) is 1. The van der Waals surface area contributed by atoms with Crippen LogP contribution < -0.4 is 5.32 Å². The first-order valence-electron chi connectivity index (χ1n) is 10.2. The summed E-state index contributed by atoms with van der Waals surface area (Å²) >= 11 is 0. The van der Waals surface area contributed by atoms with Gasteiger partial charge >= 0.3 is 0 Å². The average molecular weight is 429 g/mol. The lowest BCUT2D eigenvalue weighted by Crippen LogP contribution is -2.52. The van der Waals surface area contributed by atoms with Crippen LogP contribution in [0.4, 0.5) is 0 Å². The normalized spacial score (nSPS) is 24.5. The van der Waals surface area contributed by atoms with Crippen LogP contribution in [0.15, 0.2) is 35.7 Å². The lowest BCUT2D eigenvalue weighted by atomic mass is 9.88. The minimum absolute atomic E-state index is 0.0958. The van der Waals surface area contributed by atoms with Crippen molar-refractivity contribution in [1.82, 2.24) is 25.2 Å². The number of nitrogens with one attached hydrogen (secondary N) is 1. The van der Waals surface area contributed by atoms with Crippen molar-refractivity contribution >= 4 is 23.9 Å². The van der Waals surface area contributed by atoms with E-state index in [-0.39, 0.29) is 36.0 Å². The average Bonchev–Trinajstić information content (AvgIpc) is 3.33. The predicted octanol–water partition coefficient (Wildman–Crippen LogP) is 0.865. The van der Waals surface area contributed by atoms with Crippen molar-refractivity contribution in [2.24, 2.45) is 5.10 Å². The Morgan fingerprint density at radius 2 is 1.94 bits per heavy atom. The molecule has 3 aliphatic rings. The summed E-state index contributed by atoms with van der Waals surface area (Å²) in [6, 6.07) is 6.80. The highest BCUT2D eigenvalue weighted by atomic mass is 16.2. The van der Waals surface area contributed by atoms with E-state index in [1.54, 1.807) is 18.5 Å². The van der Waals surface area contributed by atoms with Crippen LogP contribution in [-0.2, 0) is 16.1 Å². The molecule has 4 heterocycles. The van der Waals surface area contributed by atoms with E-state index < -0.39 is 11.9 Å². The Morgan fingerprint density at radius 1 is 1.16 bits per heavy atom. The molecule has 0 saturated carbocycles. The second kappa shape index (κ2) is 7.53. The second-order valence-corrected chi connectivity index (χ2v) is 8.08. The molecule has 1 saturated heterocycles. The van der Waals surface area contributed by atoms with Crippen molar-refractivity contribution in [3.05, 3.63) is 58.7 Å². The summed E-state index contributed by atoms with van der Waals surface area (Å²) in [6.45, 7) is 0.318. The molecular formula is C22H19N7O3. The van der Waals surface area contributed by atoms with E-state index in [1.165, 1.54) is 4.90 Å². The van der Waals surface area contributed by atoms with E-state index >= 15 is 0 Å². The number of fused-ring (bicyclic) bond motifs is 1. The fourth-order valence-corrected chi connectivity index (χ4v) is 4.60. The highest BCUT2D eigenvalue weighted by Gasteiger charge is 2.40. The predicted molar refractivity (Wildman–Crippen MR) is 111 cm³/mol. The molecule has 3 amide bonds. The molecule has 160 valence electrons. The number of aromatic nitrogens is 2. The molecule has 0 spiro atoms. The maximum atomic E-state index is 12.9. The van der Waals surface area contributed by atoms with Gasteiger partial charge in [0.05, 0.1) is 6.04 Å². The number of benzene rings is 1. The van der Waals surface area contributed by atoms with E-state index in [4.69, 9.17) is 5.26 Å². The van der Waals surface area contributed by atoms with Crippen LogP contribution >= 0.6 is 0 Å². The van der Waals surface area contributed by atoms with Gasteiger partial charge in [-0.2, -0.15) is 10.4 Å². The number of carbonyl (C=O) groups excluding carboxylic acids is 3. The number of nitriles is 1. The number of likely N-dealkylation sites (N-methyl/N-ethyl adjacent to an activating group) is 1. The quantitative estimate of drug-likeness (QED) is 0.716. The molecule has 10 nitrogen and oxygen atoms in total. The highest BCUT2D eigenvalue weighted by molar-refractivity contribution is 6.05.